The van der Waals surface area contributed by atoms with Crippen molar-refractivity contribution in [2.75, 3.05) is 26.7 Å². The van der Waals surface area contributed by atoms with Crippen molar-refractivity contribution in [3.8, 4) is 0 Å². The number of benzene rings is 1. The molecule has 94 valence electrons. The van der Waals surface area contributed by atoms with Crippen molar-refractivity contribution in [3.05, 3.63) is 35.4 Å². The summed E-state index contributed by atoms with van der Waals surface area (Å²) in [4.78, 5) is 2.32. The topological polar surface area (TPSA) is 23.5 Å². The van der Waals surface area contributed by atoms with E-state index in [0.717, 1.165) is 32.4 Å². The second-order valence-corrected chi connectivity index (χ2v) is 5.49. The number of aryl methyl sites for hydroxylation is 1. The molecule has 0 radical (unpaired) electrons. The third-order valence-corrected chi connectivity index (χ3v) is 3.97. The molecule has 1 unspecified atom stereocenters. The van der Waals surface area contributed by atoms with E-state index in [1.807, 2.05) is 0 Å². The first-order chi connectivity index (χ1) is 8.17. The van der Waals surface area contributed by atoms with Crippen LogP contribution in [-0.4, -0.2) is 36.8 Å². The SMILES string of the molecule is CCc1ccc(CC2(CO)CCN(C)C2)cc1. The van der Waals surface area contributed by atoms with Gasteiger partial charge in [-0.15, -0.1) is 0 Å². The fourth-order valence-corrected chi connectivity index (χ4v) is 2.81. The number of aliphatic hydroxyl groups excluding tert-OH is 1. The van der Waals surface area contributed by atoms with Crippen molar-refractivity contribution in [2.24, 2.45) is 5.41 Å². The summed E-state index contributed by atoms with van der Waals surface area (Å²) >= 11 is 0. The first kappa shape index (κ1) is 12.6. The highest BCUT2D eigenvalue weighted by atomic mass is 16.3. The van der Waals surface area contributed by atoms with E-state index in [4.69, 9.17) is 0 Å². The summed E-state index contributed by atoms with van der Waals surface area (Å²) in [5.41, 5.74) is 2.82. The van der Waals surface area contributed by atoms with Gasteiger partial charge in [0, 0.05) is 12.0 Å². The highest BCUT2D eigenvalue weighted by molar-refractivity contribution is 5.24. The zero-order valence-corrected chi connectivity index (χ0v) is 10.9. The molecule has 1 atom stereocenters. The van der Waals surface area contributed by atoms with Gasteiger partial charge < -0.3 is 10.0 Å². The van der Waals surface area contributed by atoms with Crippen LogP contribution in [0.3, 0.4) is 0 Å². The van der Waals surface area contributed by atoms with Crippen LogP contribution in [0.5, 0.6) is 0 Å². The van der Waals surface area contributed by atoms with Gasteiger partial charge in [-0.25, -0.2) is 0 Å². The fraction of sp³-hybridized carbons (Fsp3) is 0.600. The summed E-state index contributed by atoms with van der Waals surface area (Å²) in [5.74, 6) is 0. The summed E-state index contributed by atoms with van der Waals surface area (Å²) in [7, 11) is 2.14. The van der Waals surface area contributed by atoms with Gasteiger partial charge in [0.05, 0.1) is 6.61 Å². The maximum Gasteiger partial charge on any atom is 0.0503 e. The van der Waals surface area contributed by atoms with Crippen molar-refractivity contribution in [1.29, 1.82) is 0 Å². The Kier molecular flexibility index (Phi) is 3.85. The molecular formula is C15H23NO. The first-order valence-electron chi connectivity index (χ1n) is 6.55. The minimum Gasteiger partial charge on any atom is -0.396 e. The quantitative estimate of drug-likeness (QED) is 0.861. The highest BCUT2D eigenvalue weighted by Gasteiger charge is 2.36. The van der Waals surface area contributed by atoms with Gasteiger partial charge in [-0.05, 0) is 44.0 Å². The molecule has 0 spiro atoms. The maximum absolute atomic E-state index is 9.67. The third kappa shape index (κ3) is 2.88. The lowest BCUT2D eigenvalue weighted by Gasteiger charge is -2.26. The zero-order valence-electron chi connectivity index (χ0n) is 10.9. The third-order valence-electron chi connectivity index (χ3n) is 3.97. The molecule has 2 rings (SSSR count). The first-order valence-corrected chi connectivity index (χ1v) is 6.55. The van der Waals surface area contributed by atoms with E-state index in [2.05, 4.69) is 43.1 Å². The van der Waals surface area contributed by atoms with Gasteiger partial charge in [-0.2, -0.15) is 0 Å². The van der Waals surface area contributed by atoms with Crippen molar-refractivity contribution in [1.82, 2.24) is 4.90 Å². The Balaban J connectivity index is 2.07. The van der Waals surface area contributed by atoms with Crippen LogP contribution in [0.25, 0.3) is 0 Å². The van der Waals surface area contributed by atoms with E-state index in [1.54, 1.807) is 0 Å². The molecule has 0 bridgehead atoms. The second kappa shape index (κ2) is 5.19. The summed E-state index contributed by atoms with van der Waals surface area (Å²) in [6, 6.07) is 8.85. The lowest BCUT2D eigenvalue weighted by Crippen LogP contribution is -2.31. The van der Waals surface area contributed by atoms with Gasteiger partial charge >= 0.3 is 0 Å². The number of nitrogens with zero attached hydrogens (tertiary/aromatic N) is 1. The molecule has 2 nitrogen and oxygen atoms in total. The predicted octanol–water partition coefficient (Wildman–Crippen LogP) is 2.11. The van der Waals surface area contributed by atoms with Gasteiger partial charge in [-0.1, -0.05) is 31.2 Å². The molecule has 1 aromatic rings. The molecule has 1 heterocycles. The molecule has 1 aromatic carbocycles. The normalized spacial score (nSPS) is 25.4. The average Bonchev–Trinajstić information content (AvgIpc) is 2.72. The Labute approximate surface area is 104 Å². The molecule has 2 heteroatoms. The smallest absolute Gasteiger partial charge is 0.0503 e. The van der Waals surface area contributed by atoms with Gasteiger partial charge in [0.25, 0.3) is 0 Å². The number of aliphatic hydroxyl groups is 1. The van der Waals surface area contributed by atoms with E-state index in [1.165, 1.54) is 11.1 Å². The summed E-state index contributed by atoms with van der Waals surface area (Å²) < 4.78 is 0. The van der Waals surface area contributed by atoms with Crippen LogP contribution >= 0.6 is 0 Å². The fourth-order valence-electron chi connectivity index (χ4n) is 2.81. The van der Waals surface area contributed by atoms with E-state index < -0.39 is 0 Å². The van der Waals surface area contributed by atoms with E-state index in [0.29, 0.717) is 6.61 Å². The van der Waals surface area contributed by atoms with Crippen LogP contribution in [-0.2, 0) is 12.8 Å². The monoisotopic (exact) mass is 233 g/mol. The molecule has 17 heavy (non-hydrogen) atoms. The Morgan fingerprint density at radius 1 is 1.24 bits per heavy atom. The predicted molar refractivity (Wildman–Crippen MR) is 71.2 cm³/mol. The number of likely N-dealkylation sites (tertiary alicyclic amines) is 1. The van der Waals surface area contributed by atoms with Crippen molar-refractivity contribution < 1.29 is 5.11 Å². The largest absolute Gasteiger partial charge is 0.396 e. The number of hydrogen-bond acceptors (Lipinski definition) is 2. The number of hydrogen-bond donors (Lipinski definition) is 1. The van der Waals surface area contributed by atoms with Crippen molar-refractivity contribution in [2.45, 2.75) is 26.2 Å². The molecule has 0 saturated carbocycles. The maximum atomic E-state index is 9.67. The van der Waals surface area contributed by atoms with E-state index >= 15 is 0 Å². The summed E-state index contributed by atoms with van der Waals surface area (Å²) in [6.07, 6.45) is 3.20. The van der Waals surface area contributed by atoms with Crippen LogP contribution in [0.1, 0.15) is 24.5 Å². The van der Waals surface area contributed by atoms with Crippen LogP contribution in [0, 0.1) is 5.41 Å². The Morgan fingerprint density at radius 2 is 1.88 bits per heavy atom. The van der Waals surface area contributed by atoms with Crippen molar-refractivity contribution >= 4 is 0 Å². The molecule has 0 amide bonds. The molecule has 1 fully saturated rings. The van der Waals surface area contributed by atoms with Gasteiger partial charge in [0.1, 0.15) is 0 Å². The standard InChI is InChI=1S/C15H23NO/c1-3-13-4-6-14(7-5-13)10-15(12-17)8-9-16(2)11-15/h4-7,17H,3,8-12H2,1-2H3. The molecular weight excluding hydrogens is 210 g/mol. The molecule has 1 saturated heterocycles. The molecule has 1 aliphatic rings. The van der Waals surface area contributed by atoms with Crippen LogP contribution in [0.4, 0.5) is 0 Å². The molecule has 0 aromatic heterocycles. The lowest BCUT2D eigenvalue weighted by atomic mass is 9.81. The second-order valence-electron chi connectivity index (χ2n) is 5.49. The van der Waals surface area contributed by atoms with E-state index in [9.17, 15) is 5.11 Å². The molecule has 0 aliphatic carbocycles. The lowest BCUT2D eigenvalue weighted by molar-refractivity contribution is 0.132. The van der Waals surface area contributed by atoms with Crippen molar-refractivity contribution in [3.63, 3.8) is 0 Å². The van der Waals surface area contributed by atoms with Gasteiger partial charge in [0.15, 0.2) is 0 Å². The average molecular weight is 233 g/mol. The van der Waals surface area contributed by atoms with Gasteiger partial charge in [0.2, 0.25) is 0 Å². The minimum absolute atomic E-state index is 0.0858. The number of rotatable bonds is 4. The Morgan fingerprint density at radius 3 is 2.35 bits per heavy atom. The molecule has 1 N–H and O–H groups in total. The zero-order chi connectivity index (χ0) is 12.3. The minimum atomic E-state index is 0.0858. The highest BCUT2D eigenvalue weighted by Crippen LogP contribution is 2.33. The van der Waals surface area contributed by atoms with Crippen LogP contribution in [0.2, 0.25) is 0 Å². The van der Waals surface area contributed by atoms with E-state index in [-0.39, 0.29) is 5.41 Å². The van der Waals surface area contributed by atoms with Crippen LogP contribution < -0.4 is 0 Å². The Bertz CT molecular complexity index is 360. The van der Waals surface area contributed by atoms with Gasteiger partial charge in [-0.3, -0.25) is 0 Å². The summed E-state index contributed by atoms with van der Waals surface area (Å²) in [6.45, 7) is 4.59. The molecule has 1 aliphatic heterocycles. The Hall–Kier alpha value is -0.860. The van der Waals surface area contributed by atoms with Crippen LogP contribution in [0.15, 0.2) is 24.3 Å². The summed E-state index contributed by atoms with van der Waals surface area (Å²) in [5, 5.41) is 9.67.